The van der Waals surface area contributed by atoms with E-state index >= 15 is 0 Å². The molecule has 0 radical (unpaired) electrons. The fourth-order valence-corrected chi connectivity index (χ4v) is 2.94. The van der Waals surface area contributed by atoms with Crippen molar-refractivity contribution in [3.63, 3.8) is 0 Å². The number of rotatable bonds is 12. The minimum absolute atomic E-state index is 0.498. The summed E-state index contributed by atoms with van der Waals surface area (Å²) in [5.74, 6) is 2.79. The van der Waals surface area contributed by atoms with Gasteiger partial charge in [0, 0.05) is 11.1 Å². The van der Waals surface area contributed by atoms with Crippen molar-refractivity contribution in [1.82, 2.24) is 10.1 Å². The highest BCUT2D eigenvalue weighted by Gasteiger charge is 2.11. The Balaban J connectivity index is 1.57. The molecule has 3 rings (SSSR count). The molecule has 0 N–H and O–H groups in total. The van der Waals surface area contributed by atoms with Crippen molar-refractivity contribution in [3.8, 4) is 34.3 Å². The van der Waals surface area contributed by atoms with Crippen LogP contribution in [0.1, 0.15) is 52.4 Å². The summed E-state index contributed by atoms with van der Waals surface area (Å²) in [5.41, 5.74) is 1.78. The summed E-state index contributed by atoms with van der Waals surface area (Å²) >= 11 is 0. The smallest absolute Gasteiger partial charge is 0.258 e. The van der Waals surface area contributed by atoms with Gasteiger partial charge in [0.25, 0.3) is 5.89 Å². The van der Waals surface area contributed by atoms with Gasteiger partial charge in [0.2, 0.25) is 5.82 Å². The number of hydrogen-bond acceptors (Lipinski definition) is 5. The van der Waals surface area contributed by atoms with Crippen molar-refractivity contribution in [2.75, 3.05) is 13.2 Å². The molecule has 0 aliphatic rings. The molecule has 0 aliphatic heterocycles. The van der Waals surface area contributed by atoms with Crippen LogP contribution in [0.25, 0.3) is 22.8 Å². The van der Waals surface area contributed by atoms with Crippen LogP contribution in [-0.4, -0.2) is 23.4 Å². The lowest BCUT2D eigenvalue weighted by Gasteiger charge is -2.05. The van der Waals surface area contributed by atoms with Crippen LogP contribution in [0.3, 0.4) is 0 Å². The molecule has 0 atom stereocenters. The SMILES string of the molecule is CCCCCOc1ccc(-c2noc(-c3ccc(OCCCCC)cc3)n2)cc1. The van der Waals surface area contributed by atoms with Gasteiger partial charge in [0.05, 0.1) is 13.2 Å². The maximum atomic E-state index is 5.75. The van der Waals surface area contributed by atoms with Gasteiger partial charge in [-0.3, -0.25) is 0 Å². The molecule has 5 heteroatoms. The number of aromatic nitrogens is 2. The molecule has 0 aliphatic carbocycles. The summed E-state index contributed by atoms with van der Waals surface area (Å²) in [4.78, 5) is 4.52. The van der Waals surface area contributed by atoms with E-state index in [1.807, 2.05) is 48.5 Å². The predicted molar refractivity (Wildman–Crippen MR) is 115 cm³/mol. The first-order chi connectivity index (χ1) is 14.3. The van der Waals surface area contributed by atoms with Gasteiger partial charge in [-0.2, -0.15) is 4.98 Å². The largest absolute Gasteiger partial charge is 0.494 e. The Labute approximate surface area is 173 Å². The number of ether oxygens (including phenoxy) is 2. The van der Waals surface area contributed by atoms with Crippen LogP contribution in [-0.2, 0) is 0 Å². The van der Waals surface area contributed by atoms with E-state index in [-0.39, 0.29) is 0 Å². The second-order valence-corrected chi connectivity index (χ2v) is 7.08. The number of unbranched alkanes of at least 4 members (excludes halogenated alkanes) is 4. The first-order valence-electron chi connectivity index (χ1n) is 10.6. The molecule has 0 saturated carbocycles. The number of nitrogens with zero attached hydrogens (tertiary/aromatic N) is 2. The lowest BCUT2D eigenvalue weighted by molar-refractivity contribution is 0.306. The molecule has 0 unspecified atom stereocenters. The predicted octanol–water partition coefficient (Wildman–Crippen LogP) is 6.54. The van der Waals surface area contributed by atoms with Gasteiger partial charge < -0.3 is 14.0 Å². The van der Waals surface area contributed by atoms with Gasteiger partial charge in [-0.15, -0.1) is 0 Å². The maximum Gasteiger partial charge on any atom is 0.258 e. The maximum absolute atomic E-state index is 5.75. The van der Waals surface area contributed by atoms with Crippen molar-refractivity contribution < 1.29 is 14.0 Å². The molecule has 1 heterocycles. The normalized spacial score (nSPS) is 10.8. The van der Waals surface area contributed by atoms with E-state index in [1.54, 1.807) is 0 Å². The van der Waals surface area contributed by atoms with Crippen LogP contribution in [0.15, 0.2) is 53.1 Å². The van der Waals surface area contributed by atoms with Crippen LogP contribution in [0, 0.1) is 0 Å². The van der Waals surface area contributed by atoms with E-state index in [0.29, 0.717) is 11.7 Å². The van der Waals surface area contributed by atoms with Crippen LogP contribution < -0.4 is 9.47 Å². The Bertz CT molecular complexity index is 771. The van der Waals surface area contributed by atoms with E-state index in [2.05, 4.69) is 24.0 Å². The molecule has 3 aromatic rings. The molecule has 5 nitrogen and oxygen atoms in total. The fourth-order valence-electron chi connectivity index (χ4n) is 2.94. The minimum Gasteiger partial charge on any atom is -0.494 e. The van der Waals surface area contributed by atoms with Gasteiger partial charge in [0.15, 0.2) is 0 Å². The molecule has 2 aromatic carbocycles. The van der Waals surface area contributed by atoms with Gasteiger partial charge >= 0.3 is 0 Å². The highest BCUT2D eigenvalue weighted by Crippen LogP contribution is 2.25. The third-order valence-corrected chi connectivity index (χ3v) is 4.67. The second kappa shape index (κ2) is 11.2. The number of hydrogen-bond donors (Lipinski definition) is 0. The average Bonchev–Trinajstić information content (AvgIpc) is 3.25. The van der Waals surface area contributed by atoms with E-state index in [0.717, 1.165) is 48.7 Å². The topological polar surface area (TPSA) is 57.4 Å². The summed E-state index contributed by atoms with van der Waals surface area (Å²) in [6.07, 6.45) is 6.92. The molecule has 0 spiro atoms. The molecular weight excluding hydrogens is 364 g/mol. The molecule has 154 valence electrons. The second-order valence-electron chi connectivity index (χ2n) is 7.08. The van der Waals surface area contributed by atoms with Gasteiger partial charge in [-0.05, 0) is 61.4 Å². The van der Waals surface area contributed by atoms with Crippen molar-refractivity contribution in [1.29, 1.82) is 0 Å². The van der Waals surface area contributed by atoms with E-state index in [9.17, 15) is 0 Å². The third-order valence-electron chi connectivity index (χ3n) is 4.67. The summed E-state index contributed by atoms with van der Waals surface area (Å²) in [5, 5.41) is 4.11. The Morgan fingerprint density at radius 2 is 1.21 bits per heavy atom. The summed E-state index contributed by atoms with van der Waals surface area (Å²) in [7, 11) is 0. The highest BCUT2D eigenvalue weighted by atomic mass is 16.5. The summed E-state index contributed by atoms with van der Waals surface area (Å²) < 4.78 is 16.9. The van der Waals surface area contributed by atoms with Crippen LogP contribution in [0.5, 0.6) is 11.5 Å². The van der Waals surface area contributed by atoms with Crippen LogP contribution in [0.4, 0.5) is 0 Å². The van der Waals surface area contributed by atoms with Crippen molar-refractivity contribution in [2.45, 2.75) is 52.4 Å². The fraction of sp³-hybridized carbons (Fsp3) is 0.417. The Morgan fingerprint density at radius 3 is 1.72 bits per heavy atom. The molecule has 0 fully saturated rings. The standard InChI is InChI=1S/C24H30N2O3/c1-3-5-7-17-27-21-13-9-19(10-14-21)23-25-24(29-26-23)20-11-15-22(16-12-20)28-18-8-6-4-2/h9-16H,3-8,17-18H2,1-2H3. The molecule has 0 amide bonds. The molecule has 0 saturated heterocycles. The minimum atomic E-state index is 0.498. The monoisotopic (exact) mass is 394 g/mol. The molecule has 0 bridgehead atoms. The Hall–Kier alpha value is -2.82. The van der Waals surface area contributed by atoms with Crippen LogP contribution >= 0.6 is 0 Å². The van der Waals surface area contributed by atoms with Crippen molar-refractivity contribution in [2.24, 2.45) is 0 Å². The third kappa shape index (κ3) is 6.34. The van der Waals surface area contributed by atoms with Crippen molar-refractivity contribution >= 4 is 0 Å². The first-order valence-corrected chi connectivity index (χ1v) is 10.6. The molecule has 1 aromatic heterocycles. The quantitative estimate of drug-likeness (QED) is 0.326. The first kappa shape index (κ1) is 20.9. The molecular formula is C24H30N2O3. The summed E-state index contributed by atoms with van der Waals surface area (Å²) in [6, 6.07) is 15.6. The zero-order chi connectivity index (χ0) is 20.3. The average molecular weight is 395 g/mol. The number of benzene rings is 2. The summed E-state index contributed by atoms with van der Waals surface area (Å²) in [6.45, 7) is 5.86. The van der Waals surface area contributed by atoms with E-state index in [1.165, 1.54) is 25.7 Å². The van der Waals surface area contributed by atoms with Gasteiger partial charge in [0.1, 0.15) is 11.5 Å². The lowest BCUT2D eigenvalue weighted by atomic mass is 10.2. The Morgan fingerprint density at radius 1 is 0.690 bits per heavy atom. The van der Waals surface area contributed by atoms with E-state index < -0.39 is 0 Å². The zero-order valence-electron chi connectivity index (χ0n) is 17.4. The van der Waals surface area contributed by atoms with Gasteiger partial charge in [-0.1, -0.05) is 44.7 Å². The molecule has 29 heavy (non-hydrogen) atoms. The zero-order valence-corrected chi connectivity index (χ0v) is 17.4. The van der Waals surface area contributed by atoms with Crippen LogP contribution in [0.2, 0.25) is 0 Å². The van der Waals surface area contributed by atoms with E-state index in [4.69, 9.17) is 14.0 Å². The highest BCUT2D eigenvalue weighted by molar-refractivity contribution is 5.60. The lowest BCUT2D eigenvalue weighted by Crippen LogP contribution is -1.96. The Kier molecular flexibility index (Phi) is 8.11. The van der Waals surface area contributed by atoms with Crippen molar-refractivity contribution in [3.05, 3.63) is 48.5 Å². The van der Waals surface area contributed by atoms with Gasteiger partial charge in [-0.25, -0.2) is 0 Å².